The highest BCUT2D eigenvalue weighted by molar-refractivity contribution is 7.26. The smallest absolute Gasteiger partial charge is 0.248 e. The Hall–Kier alpha value is -3.76. The summed E-state index contributed by atoms with van der Waals surface area (Å²) < 4.78 is 8.64. The average molecular weight is 447 g/mol. The number of fused-ring (bicyclic) bond motifs is 3. The maximum Gasteiger partial charge on any atom is 0.248 e. The van der Waals surface area contributed by atoms with Crippen LogP contribution in [0.3, 0.4) is 0 Å². The lowest BCUT2D eigenvalue weighted by Gasteiger charge is -2.07. The Morgan fingerprint density at radius 1 is 0.606 bits per heavy atom. The van der Waals surface area contributed by atoms with Crippen LogP contribution < -0.4 is 0 Å². The third kappa shape index (κ3) is 3.43. The molecule has 2 aromatic heterocycles. The summed E-state index contributed by atoms with van der Waals surface area (Å²) in [5.41, 5.74) is 8.22. The molecule has 0 saturated carbocycles. The fraction of sp³-hybridized carbons (Fsp3) is 0.103. The Bertz CT molecular complexity index is 1630. The monoisotopic (exact) mass is 446 g/mol. The Balaban J connectivity index is 1.43. The van der Waals surface area contributed by atoms with Crippen LogP contribution in [0.25, 0.3) is 54.2 Å². The fourth-order valence-corrected chi connectivity index (χ4v) is 5.79. The van der Waals surface area contributed by atoms with Crippen molar-refractivity contribution in [3.05, 3.63) is 95.6 Å². The maximum atomic E-state index is 5.93. The van der Waals surface area contributed by atoms with Crippen LogP contribution in [0.15, 0.2) is 83.3 Å². The van der Waals surface area contributed by atoms with E-state index in [4.69, 9.17) is 4.42 Å². The zero-order valence-corrected chi connectivity index (χ0v) is 19.5. The van der Waals surface area contributed by atoms with Crippen molar-refractivity contribution in [3.63, 3.8) is 0 Å². The molecular weight excluding hydrogens is 424 g/mol. The molecule has 0 aliphatic heterocycles. The number of rotatable bonds is 3. The summed E-state index contributed by atoms with van der Waals surface area (Å²) in [4.78, 5) is 0. The van der Waals surface area contributed by atoms with E-state index in [1.807, 2.05) is 41.7 Å². The summed E-state index contributed by atoms with van der Waals surface area (Å²) in [6, 6.07) is 27.5. The fourth-order valence-electron chi connectivity index (χ4n) is 4.52. The molecule has 0 unspecified atom stereocenters. The molecule has 0 atom stereocenters. The van der Waals surface area contributed by atoms with Gasteiger partial charge < -0.3 is 4.42 Å². The van der Waals surface area contributed by atoms with Gasteiger partial charge >= 0.3 is 0 Å². The van der Waals surface area contributed by atoms with Crippen LogP contribution in [0.4, 0.5) is 0 Å². The van der Waals surface area contributed by atoms with Gasteiger partial charge in [0.1, 0.15) is 0 Å². The Labute approximate surface area is 196 Å². The van der Waals surface area contributed by atoms with Gasteiger partial charge in [-0.3, -0.25) is 0 Å². The number of aromatic nitrogens is 2. The van der Waals surface area contributed by atoms with Gasteiger partial charge in [0.2, 0.25) is 11.8 Å². The first-order chi connectivity index (χ1) is 16.1. The predicted molar refractivity (Wildman–Crippen MR) is 138 cm³/mol. The lowest BCUT2D eigenvalue weighted by atomic mass is 9.98. The number of hydrogen-bond donors (Lipinski definition) is 0. The Morgan fingerprint density at radius 3 is 1.88 bits per heavy atom. The van der Waals surface area contributed by atoms with Gasteiger partial charge in [-0.15, -0.1) is 21.5 Å². The second-order valence-corrected chi connectivity index (χ2v) is 9.63. The van der Waals surface area contributed by atoms with E-state index in [2.05, 4.69) is 79.5 Å². The van der Waals surface area contributed by atoms with Crippen LogP contribution in [0.1, 0.15) is 16.7 Å². The van der Waals surface area contributed by atoms with E-state index in [9.17, 15) is 0 Å². The minimum atomic E-state index is 0.530. The molecule has 0 bridgehead atoms. The molecule has 0 amide bonds. The van der Waals surface area contributed by atoms with E-state index in [1.165, 1.54) is 48.0 Å². The van der Waals surface area contributed by atoms with Crippen molar-refractivity contribution in [3.8, 4) is 34.0 Å². The molecule has 4 aromatic carbocycles. The highest BCUT2D eigenvalue weighted by atomic mass is 32.1. The molecule has 0 spiro atoms. The van der Waals surface area contributed by atoms with Crippen LogP contribution in [-0.2, 0) is 0 Å². The molecule has 0 aliphatic carbocycles. The standard InChI is InChI=1S/C29H22N2OS/c1-17-13-19(3)26-24(15-17)25-16-18(2)14-23(27(25)33-26)20-9-11-22(12-10-20)29-31-30-28(32-29)21-7-5-4-6-8-21/h4-16H,1-3H3. The summed E-state index contributed by atoms with van der Waals surface area (Å²) in [6.07, 6.45) is 0. The Kier molecular flexibility index (Phi) is 4.63. The van der Waals surface area contributed by atoms with Crippen molar-refractivity contribution in [1.29, 1.82) is 0 Å². The lowest BCUT2D eigenvalue weighted by Crippen LogP contribution is -1.83. The van der Waals surface area contributed by atoms with E-state index >= 15 is 0 Å². The van der Waals surface area contributed by atoms with Crippen LogP contribution >= 0.6 is 11.3 Å². The van der Waals surface area contributed by atoms with Gasteiger partial charge in [0.15, 0.2) is 0 Å². The van der Waals surface area contributed by atoms with Gasteiger partial charge in [-0.05, 0) is 85.5 Å². The van der Waals surface area contributed by atoms with Gasteiger partial charge in [0.25, 0.3) is 0 Å². The highest BCUT2D eigenvalue weighted by Crippen LogP contribution is 2.42. The zero-order chi connectivity index (χ0) is 22.5. The van der Waals surface area contributed by atoms with Gasteiger partial charge in [-0.25, -0.2) is 0 Å². The lowest BCUT2D eigenvalue weighted by molar-refractivity contribution is 0.584. The molecule has 6 rings (SSSR count). The molecule has 0 radical (unpaired) electrons. The third-order valence-corrected chi connectivity index (χ3v) is 7.43. The molecular formula is C29H22N2OS. The quantitative estimate of drug-likeness (QED) is 0.274. The van der Waals surface area contributed by atoms with Crippen molar-refractivity contribution in [2.45, 2.75) is 20.8 Å². The van der Waals surface area contributed by atoms with Crippen molar-refractivity contribution >= 4 is 31.5 Å². The van der Waals surface area contributed by atoms with E-state index in [-0.39, 0.29) is 0 Å². The van der Waals surface area contributed by atoms with E-state index in [1.54, 1.807) is 0 Å². The minimum Gasteiger partial charge on any atom is -0.416 e. The minimum absolute atomic E-state index is 0.530. The number of thiophene rings is 1. The van der Waals surface area contributed by atoms with Crippen LogP contribution in [0.2, 0.25) is 0 Å². The summed E-state index contributed by atoms with van der Waals surface area (Å²) in [5.74, 6) is 1.06. The normalized spacial score (nSPS) is 11.5. The average Bonchev–Trinajstić information content (AvgIpc) is 3.45. The largest absolute Gasteiger partial charge is 0.416 e. The molecule has 3 nitrogen and oxygen atoms in total. The number of aryl methyl sites for hydroxylation is 3. The summed E-state index contributed by atoms with van der Waals surface area (Å²) in [7, 11) is 0. The number of nitrogens with zero attached hydrogens (tertiary/aromatic N) is 2. The molecule has 33 heavy (non-hydrogen) atoms. The van der Waals surface area contributed by atoms with E-state index < -0.39 is 0 Å². The Morgan fingerprint density at radius 2 is 1.18 bits per heavy atom. The van der Waals surface area contributed by atoms with Crippen molar-refractivity contribution in [2.24, 2.45) is 0 Å². The number of hydrogen-bond acceptors (Lipinski definition) is 4. The highest BCUT2D eigenvalue weighted by Gasteiger charge is 2.15. The molecule has 2 heterocycles. The van der Waals surface area contributed by atoms with Crippen molar-refractivity contribution < 1.29 is 4.42 Å². The second-order valence-electron chi connectivity index (χ2n) is 8.61. The first-order valence-electron chi connectivity index (χ1n) is 11.0. The van der Waals surface area contributed by atoms with Gasteiger partial charge in [-0.2, -0.15) is 0 Å². The molecule has 0 saturated heterocycles. The number of benzene rings is 4. The van der Waals surface area contributed by atoms with Crippen LogP contribution in [0.5, 0.6) is 0 Å². The molecule has 0 fully saturated rings. The predicted octanol–water partition coefficient (Wildman–Crippen LogP) is 8.36. The first-order valence-corrected chi connectivity index (χ1v) is 11.8. The summed E-state index contributed by atoms with van der Waals surface area (Å²) >= 11 is 1.89. The van der Waals surface area contributed by atoms with Crippen LogP contribution in [0, 0.1) is 20.8 Å². The molecule has 0 N–H and O–H groups in total. The zero-order valence-electron chi connectivity index (χ0n) is 18.7. The summed E-state index contributed by atoms with van der Waals surface area (Å²) in [6.45, 7) is 6.55. The molecule has 4 heteroatoms. The maximum absolute atomic E-state index is 5.93. The van der Waals surface area contributed by atoms with Gasteiger partial charge in [-0.1, -0.05) is 42.0 Å². The summed E-state index contributed by atoms with van der Waals surface area (Å²) in [5, 5.41) is 11.2. The van der Waals surface area contributed by atoms with Gasteiger partial charge in [0.05, 0.1) is 0 Å². The molecule has 0 aliphatic rings. The third-order valence-electron chi connectivity index (χ3n) is 6.04. The first kappa shape index (κ1) is 19.9. The van der Waals surface area contributed by atoms with E-state index in [0.717, 1.165) is 11.1 Å². The van der Waals surface area contributed by atoms with Crippen molar-refractivity contribution in [2.75, 3.05) is 0 Å². The van der Waals surface area contributed by atoms with Gasteiger partial charge in [0, 0.05) is 31.3 Å². The van der Waals surface area contributed by atoms with E-state index in [0.29, 0.717) is 11.8 Å². The topological polar surface area (TPSA) is 38.9 Å². The van der Waals surface area contributed by atoms with Crippen molar-refractivity contribution in [1.82, 2.24) is 10.2 Å². The molecule has 6 aromatic rings. The molecule has 160 valence electrons. The second kappa shape index (κ2) is 7.68. The SMILES string of the molecule is Cc1cc(C)c2sc3c(-c4ccc(-c5nnc(-c6ccccc6)o5)cc4)cc(C)cc3c2c1. The van der Waals surface area contributed by atoms with Crippen LogP contribution in [-0.4, -0.2) is 10.2 Å².